The molecular formula is C13H17FN2O3. The molecule has 19 heavy (non-hydrogen) atoms. The molecule has 0 saturated carbocycles. The number of ether oxygens (including phenoxy) is 2. The molecule has 0 unspecified atom stereocenters. The largest absolute Gasteiger partial charge is 0.496 e. The first kappa shape index (κ1) is 13.8. The first-order valence-electron chi connectivity index (χ1n) is 6.07. The predicted molar refractivity (Wildman–Crippen MR) is 67.0 cm³/mol. The third-order valence-electron chi connectivity index (χ3n) is 3.59. The van der Waals surface area contributed by atoms with Crippen LogP contribution < -0.4 is 16.0 Å². The normalized spacial score (nSPS) is 17.8. The summed E-state index contributed by atoms with van der Waals surface area (Å²) >= 11 is 0. The molecule has 1 aromatic carbocycles. The smallest absolute Gasteiger partial charge is 0.244 e. The van der Waals surface area contributed by atoms with Crippen LogP contribution in [0.3, 0.4) is 0 Å². The van der Waals surface area contributed by atoms with E-state index in [4.69, 9.17) is 15.3 Å². The maximum Gasteiger partial charge on any atom is 0.244 e. The van der Waals surface area contributed by atoms with Gasteiger partial charge in [0.15, 0.2) is 0 Å². The summed E-state index contributed by atoms with van der Waals surface area (Å²) in [4.78, 5) is 12.2. The Hall–Kier alpha value is -1.66. The van der Waals surface area contributed by atoms with Crippen LogP contribution >= 0.6 is 0 Å². The van der Waals surface area contributed by atoms with Gasteiger partial charge in [-0.3, -0.25) is 10.2 Å². The van der Waals surface area contributed by atoms with Gasteiger partial charge in [0.25, 0.3) is 0 Å². The van der Waals surface area contributed by atoms with E-state index in [-0.39, 0.29) is 5.91 Å². The second-order valence-corrected chi connectivity index (χ2v) is 4.51. The van der Waals surface area contributed by atoms with Crippen LogP contribution in [0.2, 0.25) is 0 Å². The molecule has 0 spiro atoms. The molecule has 1 heterocycles. The van der Waals surface area contributed by atoms with Crippen molar-refractivity contribution in [3.63, 3.8) is 0 Å². The monoisotopic (exact) mass is 268 g/mol. The second kappa shape index (κ2) is 5.54. The third-order valence-corrected chi connectivity index (χ3v) is 3.59. The summed E-state index contributed by atoms with van der Waals surface area (Å²) in [7, 11) is 1.49. The molecule has 0 radical (unpaired) electrons. The summed E-state index contributed by atoms with van der Waals surface area (Å²) in [6, 6.07) is 4.15. The number of nitrogens with one attached hydrogen (secondary N) is 1. The average molecular weight is 268 g/mol. The standard InChI is InChI=1S/C13H17FN2O3/c1-18-11-3-2-9(14)8-10(11)13(12(17)16-15)4-6-19-7-5-13/h2-3,8H,4-7,15H2,1H3,(H,16,17). The molecule has 0 aliphatic carbocycles. The van der Waals surface area contributed by atoms with Gasteiger partial charge >= 0.3 is 0 Å². The lowest BCUT2D eigenvalue weighted by Gasteiger charge is -2.36. The van der Waals surface area contributed by atoms with E-state index in [2.05, 4.69) is 5.43 Å². The predicted octanol–water partition coefficient (Wildman–Crippen LogP) is 0.872. The highest BCUT2D eigenvalue weighted by Crippen LogP contribution is 2.40. The molecule has 1 aliphatic heterocycles. The fourth-order valence-electron chi connectivity index (χ4n) is 2.53. The highest BCUT2D eigenvalue weighted by molar-refractivity contribution is 5.88. The van der Waals surface area contributed by atoms with Crippen molar-refractivity contribution in [2.75, 3.05) is 20.3 Å². The van der Waals surface area contributed by atoms with Crippen LogP contribution in [-0.4, -0.2) is 26.2 Å². The number of halogens is 1. The third kappa shape index (κ3) is 2.41. The Kier molecular flexibility index (Phi) is 4.01. The van der Waals surface area contributed by atoms with Crippen LogP contribution in [-0.2, 0) is 14.9 Å². The molecule has 1 fully saturated rings. The molecule has 1 amide bonds. The first-order chi connectivity index (χ1) is 9.14. The summed E-state index contributed by atoms with van der Waals surface area (Å²) in [6.07, 6.45) is 0.881. The molecule has 5 nitrogen and oxygen atoms in total. The summed E-state index contributed by atoms with van der Waals surface area (Å²) in [6.45, 7) is 0.847. The van der Waals surface area contributed by atoms with E-state index in [9.17, 15) is 9.18 Å². The van der Waals surface area contributed by atoms with Crippen LogP contribution in [0.15, 0.2) is 18.2 Å². The van der Waals surface area contributed by atoms with Gasteiger partial charge in [-0.15, -0.1) is 0 Å². The van der Waals surface area contributed by atoms with Gasteiger partial charge in [0, 0.05) is 18.8 Å². The first-order valence-corrected chi connectivity index (χ1v) is 6.07. The molecule has 104 valence electrons. The van der Waals surface area contributed by atoms with E-state index >= 15 is 0 Å². The van der Waals surface area contributed by atoms with E-state index in [0.29, 0.717) is 37.4 Å². The van der Waals surface area contributed by atoms with Crippen LogP contribution in [0.4, 0.5) is 4.39 Å². The van der Waals surface area contributed by atoms with Gasteiger partial charge in [-0.2, -0.15) is 0 Å². The second-order valence-electron chi connectivity index (χ2n) is 4.51. The van der Waals surface area contributed by atoms with Crippen molar-refractivity contribution in [2.24, 2.45) is 5.84 Å². The van der Waals surface area contributed by atoms with Crippen LogP contribution in [0.1, 0.15) is 18.4 Å². The molecule has 6 heteroatoms. The lowest BCUT2D eigenvalue weighted by atomic mass is 9.73. The van der Waals surface area contributed by atoms with E-state index in [1.165, 1.54) is 25.3 Å². The minimum absolute atomic E-state index is 0.347. The number of rotatable bonds is 3. The number of carbonyl (C=O) groups is 1. The number of amides is 1. The van der Waals surface area contributed by atoms with Crippen molar-refractivity contribution in [3.8, 4) is 5.75 Å². The topological polar surface area (TPSA) is 73.6 Å². The Morgan fingerprint density at radius 3 is 2.74 bits per heavy atom. The summed E-state index contributed by atoms with van der Waals surface area (Å²) < 4.78 is 24.1. The zero-order chi connectivity index (χ0) is 13.9. The zero-order valence-corrected chi connectivity index (χ0v) is 10.7. The number of hydrogen-bond acceptors (Lipinski definition) is 4. The SMILES string of the molecule is COc1ccc(F)cc1C1(C(=O)NN)CCOCC1. The summed E-state index contributed by atoms with van der Waals surface area (Å²) in [5.41, 5.74) is 1.78. The van der Waals surface area contributed by atoms with E-state index < -0.39 is 11.2 Å². The average Bonchev–Trinajstić information content (AvgIpc) is 2.47. The van der Waals surface area contributed by atoms with E-state index in [1.807, 2.05) is 0 Å². The summed E-state index contributed by atoms with van der Waals surface area (Å²) in [5.74, 6) is 5.00. The lowest BCUT2D eigenvalue weighted by molar-refractivity contribution is -0.130. The highest BCUT2D eigenvalue weighted by atomic mass is 19.1. The number of carbonyl (C=O) groups excluding carboxylic acids is 1. The van der Waals surface area contributed by atoms with Crippen molar-refractivity contribution in [1.82, 2.24) is 5.43 Å². The van der Waals surface area contributed by atoms with Gasteiger partial charge in [0.2, 0.25) is 5.91 Å². The molecule has 3 N–H and O–H groups in total. The van der Waals surface area contributed by atoms with Crippen LogP contribution in [0.5, 0.6) is 5.75 Å². The molecule has 0 atom stereocenters. The van der Waals surface area contributed by atoms with Gasteiger partial charge in [-0.1, -0.05) is 0 Å². The number of nitrogens with two attached hydrogens (primary N) is 1. The number of benzene rings is 1. The van der Waals surface area contributed by atoms with Crippen molar-refractivity contribution in [3.05, 3.63) is 29.6 Å². The van der Waals surface area contributed by atoms with Crippen LogP contribution in [0, 0.1) is 5.82 Å². The zero-order valence-electron chi connectivity index (χ0n) is 10.7. The van der Waals surface area contributed by atoms with Gasteiger partial charge in [-0.05, 0) is 31.0 Å². The molecule has 1 saturated heterocycles. The summed E-state index contributed by atoms with van der Waals surface area (Å²) in [5, 5.41) is 0. The van der Waals surface area contributed by atoms with Gasteiger partial charge in [0.05, 0.1) is 12.5 Å². The minimum atomic E-state index is -0.902. The Morgan fingerprint density at radius 2 is 2.16 bits per heavy atom. The van der Waals surface area contributed by atoms with Gasteiger partial charge in [-0.25, -0.2) is 10.2 Å². The van der Waals surface area contributed by atoms with Crippen LogP contribution in [0.25, 0.3) is 0 Å². The number of hydrogen-bond donors (Lipinski definition) is 2. The number of hydrazine groups is 1. The van der Waals surface area contributed by atoms with Crippen molar-refractivity contribution >= 4 is 5.91 Å². The highest BCUT2D eigenvalue weighted by Gasteiger charge is 2.43. The lowest BCUT2D eigenvalue weighted by Crippen LogP contribution is -2.50. The minimum Gasteiger partial charge on any atom is -0.496 e. The van der Waals surface area contributed by atoms with Gasteiger partial charge < -0.3 is 9.47 Å². The molecule has 1 aliphatic rings. The maximum absolute atomic E-state index is 13.5. The van der Waals surface area contributed by atoms with E-state index in [1.54, 1.807) is 0 Å². The molecule has 0 aromatic heterocycles. The molecule has 0 bridgehead atoms. The number of methoxy groups -OCH3 is 1. The fourth-order valence-corrected chi connectivity index (χ4v) is 2.53. The Bertz CT molecular complexity index is 473. The maximum atomic E-state index is 13.5. The van der Waals surface area contributed by atoms with Crippen molar-refractivity contribution in [2.45, 2.75) is 18.3 Å². The van der Waals surface area contributed by atoms with Crippen molar-refractivity contribution in [1.29, 1.82) is 0 Å². The molecule has 2 rings (SSSR count). The fraction of sp³-hybridized carbons (Fsp3) is 0.462. The Morgan fingerprint density at radius 1 is 1.47 bits per heavy atom. The van der Waals surface area contributed by atoms with Crippen molar-refractivity contribution < 1.29 is 18.7 Å². The quantitative estimate of drug-likeness (QED) is 0.485. The van der Waals surface area contributed by atoms with Gasteiger partial charge in [0.1, 0.15) is 11.6 Å². The molecular weight excluding hydrogens is 251 g/mol. The Labute approximate surface area is 110 Å². The Balaban J connectivity index is 2.54. The van der Waals surface area contributed by atoms with E-state index in [0.717, 1.165) is 0 Å². The molecule has 1 aromatic rings.